The molecule has 2 aromatic rings. The van der Waals surface area contributed by atoms with Gasteiger partial charge in [0.25, 0.3) is 0 Å². The summed E-state index contributed by atoms with van der Waals surface area (Å²) in [5.74, 6) is -0.533. The summed E-state index contributed by atoms with van der Waals surface area (Å²) in [6.45, 7) is 4.64. The molecule has 0 aromatic heterocycles. The van der Waals surface area contributed by atoms with Crippen LogP contribution in [0.2, 0.25) is 0 Å². The van der Waals surface area contributed by atoms with Gasteiger partial charge in [-0.1, -0.05) is 48.5 Å². The van der Waals surface area contributed by atoms with Crippen LogP contribution in [0.5, 0.6) is 0 Å². The second-order valence-corrected chi connectivity index (χ2v) is 6.94. The van der Waals surface area contributed by atoms with E-state index in [2.05, 4.69) is 48.5 Å². The Morgan fingerprint density at radius 2 is 1.57 bits per heavy atom. The van der Waals surface area contributed by atoms with Crippen molar-refractivity contribution in [2.75, 3.05) is 6.61 Å². The highest BCUT2D eigenvalue weighted by molar-refractivity contribution is 8.00. The molecule has 0 aliphatic carbocycles. The maximum atomic E-state index is 6.20. The van der Waals surface area contributed by atoms with Gasteiger partial charge < -0.3 is 9.47 Å². The average Bonchev–Trinajstić information content (AvgIpc) is 2.51. The molecule has 0 radical (unpaired) electrons. The molecule has 2 nitrogen and oxygen atoms in total. The molecule has 0 N–H and O–H groups in total. The maximum absolute atomic E-state index is 6.20. The molecule has 1 fully saturated rings. The van der Waals surface area contributed by atoms with Gasteiger partial charge in [0.05, 0.1) is 11.9 Å². The minimum atomic E-state index is -0.533. The van der Waals surface area contributed by atoms with Crippen molar-refractivity contribution in [2.45, 2.75) is 35.9 Å². The van der Waals surface area contributed by atoms with Crippen LogP contribution in [-0.2, 0) is 9.47 Å². The Labute approximate surface area is 130 Å². The number of benzene rings is 2. The normalized spacial score (nSPS) is 24.7. The first-order chi connectivity index (χ1) is 10.1. The molecule has 2 atom stereocenters. The minimum absolute atomic E-state index is 0.0418. The molecule has 0 bridgehead atoms. The van der Waals surface area contributed by atoms with E-state index in [0.29, 0.717) is 6.61 Å². The van der Waals surface area contributed by atoms with Crippen LogP contribution in [0.3, 0.4) is 0 Å². The van der Waals surface area contributed by atoms with Gasteiger partial charge in [0, 0.05) is 4.90 Å². The summed E-state index contributed by atoms with van der Waals surface area (Å²) >= 11 is 1.82. The number of hydrogen-bond acceptors (Lipinski definition) is 3. The van der Waals surface area contributed by atoms with Crippen LogP contribution in [0.25, 0.3) is 0 Å². The molecule has 1 aliphatic rings. The van der Waals surface area contributed by atoms with Gasteiger partial charge in [-0.15, -0.1) is 11.8 Å². The second kappa shape index (κ2) is 6.22. The second-order valence-electron chi connectivity index (χ2n) is 5.63. The third kappa shape index (κ3) is 3.67. The van der Waals surface area contributed by atoms with Crippen molar-refractivity contribution in [2.24, 2.45) is 0 Å². The molecule has 2 aromatic carbocycles. The summed E-state index contributed by atoms with van der Waals surface area (Å²) in [6, 6.07) is 20.8. The molecule has 1 saturated heterocycles. The van der Waals surface area contributed by atoms with Crippen molar-refractivity contribution in [1.29, 1.82) is 0 Å². The molecule has 3 heteroatoms. The highest BCUT2D eigenvalue weighted by Crippen LogP contribution is 2.41. The van der Waals surface area contributed by atoms with Crippen molar-refractivity contribution in [3.63, 3.8) is 0 Å². The predicted molar refractivity (Wildman–Crippen MR) is 86.4 cm³/mol. The van der Waals surface area contributed by atoms with E-state index < -0.39 is 5.79 Å². The fraction of sp³-hybridized carbons (Fsp3) is 0.333. The van der Waals surface area contributed by atoms with Crippen LogP contribution in [0.15, 0.2) is 65.6 Å². The first-order valence-electron chi connectivity index (χ1n) is 7.22. The minimum Gasteiger partial charge on any atom is -0.349 e. The molecule has 110 valence electrons. The van der Waals surface area contributed by atoms with Crippen LogP contribution in [0.1, 0.15) is 25.5 Å². The lowest BCUT2D eigenvalue weighted by atomic mass is 10.0. The molecule has 1 aliphatic heterocycles. The zero-order valence-corrected chi connectivity index (χ0v) is 13.2. The van der Waals surface area contributed by atoms with E-state index in [1.54, 1.807) is 0 Å². The summed E-state index contributed by atoms with van der Waals surface area (Å²) in [5.41, 5.74) is 1.21. The highest BCUT2D eigenvalue weighted by Gasteiger charge is 2.37. The number of hydrogen-bond donors (Lipinski definition) is 0. The van der Waals surface area contributed by atoms with E-state index in [0.717, 1.165) is 0 Å². The zero-order chi connectivity index (χ0) is 14.7. The third-order valence-electron chi connectivity index (χ3n) is 3.50. The fourth-order valence-corrected chi connectivity index (χ4v) is 3.62. The highest BCUT2D eigenvalue weighted by atomic mass is 32.2. The summed E-state index contributed by atoms with van der Waals surface area (Å²) in [4.78, 5) is 1.25. The molecule has 0 saturated carbocycles. The Hall–Kier alpha value is -1.29. The monoisotopic (exact) mass is 300 g/mol. The van der Waals surface area contributed by atoms with Crippen LogP contribution in [-0.4, -0.2) is 17.6 Å². The Bertz CT molecular complexity index is 568. The van der Waals surface area contributed by atoms with Gasteiger partial charge in [-0.2, -0.15) is 0 Å². The molecule has 0 amide bonds. The largest absolute Gasteiger partial charge is 0.349 e. The standard InChI is InChI=1S/C18H20O2S/c1-18(2)19-13-16(21-15-11-7-4-8-12-15)17(20-18)14-9-5-3-6-10-14/h3-12,16-17H,13H2,1-2H3/t16-,17+/m0/s1. The topological polar surface area (TPSA) is 18.5 Å². The Morgan fingerprint density at radius 1 is 0.952 bits per heavy atom. The molecule has 0 spiro atoms. The third-order valence-corrected chi connectivity index (χ3v) is 4.73. The number of thioether (sulfide) groups is 1. The van der Waals surface area contributed by atoms with Gasteiger partial charge >= 0.3 is 0 Å². The molecule has 21 heavy (non-hydrogen) atoms. The molecule has 3 rings (SSSR count). The van der Waals surface area contributed by atoms with E-state index in [-0.39, 0.29) is 11.4 Å². The molecule has 1 heterocycles. The quantitative estimate of drug-likeness (QED) is 0.820. The lowest BCUT2D eigenvalue weighted by molar-refractivity contribution is -0.272. The van der Waals surface area contributed by atoms with Crippen LogP contribution in [0, 0.1) is 0 Å². The molecular formula is C18H20O2S. The first-order valence-corrected chi connectivity index (χ1v) is 8.10. The number of rotatable bonds is 3. The first kappa shape index (κ1) is 14.6. The Morgan fingerprint density at radius 3 is 2.24 bits per heavy atom. The van der Waals surface area contributed by atoms with Gasteiger partial charge in [-0.05, 0) is 31.5 Å². The fourth-order valence-electron chi connectivity index (χ4n) is 2.48. The van der Waals surface area contributed by atoms with Gasteiger partial charge in [0.2, 0.25) is 0 Å². The van der Waals surface area contributed by atoms with Crippen molar-refractivity contribution < 1.29 is 9.47 Å². The predicted octanol–water partition coefficient (Wildman–Crippen LogP) is 4.67. The van der Waals surface area contributed by atoms with Crippen molar-refractivity contribution >= 4 is 11.8 Å². The molecular weight excluding hydrogens is 280 g/mol. The maximum Gasteiger partial charge on any atom is 0.163 e. The summed E-state index contributed by atoms with van der Waals surface area (Å²) in [5, 5.41) is 0.253. The lowest BCUT2D eigenvalue weighted by Gasteiger charge is -2.41. The van der Waals surface area contributed by atoms with Crippen molar-refractivity contribution in [1.82, 2.24) is 0 Å². The summed E-state index contributed by atoms with van der Waals surface area (Å²) in [6.07, 6.45) is 0.0418. The lowest BCUT2D eigenvalue weighted by Crippen LogP contribution is -2.42. The Kier molecular flexibility index (Phi) is 4.34. The van der Waals surface area contributed by atoms with Crippen molar-refractivity contribution in [3.8, 4) is 0 Å². The Balaban J connectivity index is 1.83. The SMILES string of the molecule is CC1(C)OC[C@H](Sc2ccccc2)[C@@H](c2ccccc2)O1. The van der Waals surface area contributed by atoms with E-state index >= 15 is 0 Å². The zero-order valence-electron chi connectivity index (χ0n) is 12.4. The number of ether oxygens (including phenoxy) is 2. The van der Waals surface area contributed by atoms with Gasteiger partial charge in [-0.3, -0.25) is 0 Å². The average molecular weight is 300 g/mol. The van der Waals surface area contributed by atoms with E-state index in [1.807, 2.05) is 37.7 Å². The van der Waals surface area contributed by atoms with Crippen LogP contribution in [0.4, 0.5) is 0 Å². The van der Waals surface area contributed by atoms with Crippen LogP contribution >= 0.6 is 11.8 Å². The summed E-state index contributed by atoms with van der Waals surface area (Å²) < 4.78 is 12.1. The van der Waals surface area contributed by atoms with Crippen LogP contribution < -0.4 is 0 Å². The van der Waals surface area contributed by atoms with E-state index in [9.17, 15) is 0 Å². The van der Waals surface area contributed by atoms with E-state index in [1.165, 1.54) is 10.5 Å². The molecule has 0 unspecified atom stereocenters. The van der Waals surface area contributed by atoms with E-state index in [4.69, 9.17) is 9.47 Å². The van der Waals surface area contributed by atoms with Gasteiger partial charge in [-0.25, -0.2) is 0 Å². The van der Waals surface area contributed by atoms with Gasteiger partial charge in [0.15, 0.2) is 5.79 Å². The summed E-state index contributed by atoms with van der Waals surface area (Å²) in [7, 11) is 0. The smallest absolute Gasteiger partial charge is 0.163 e. The van der Waals surface area contributed by atoms with Crippen molar-refractivity contribution in [3.05, 3.63) is 66.2 Å². The van der Waals surface area contributed by atoms with Gasteiger partial charge in [0.1, 0.15) is 6.10 Å².